The second-order valence-corrected chi connectivity index (χ2v) is 13.2. The second-order valence-electron chi connectivity index (χ2n) is 13.2. The number of aromatic hydroxyl groups is 4. The van der Waals surface area contributed by atoms with Gasteiger partial charge in [-0.3, -0.25) is 0 Å². The SMILES string of the molecule is CC(C)c1c(O)cccc1C(F)(F)F.CC(C)c1cc(C(F)(F)F)ccc1O.Cc1ccc(C(C)C)c(O)c1.Cc1cccc(C(C)C)c1O. The predicted molar refractivity (Wildman–Crippen MR) is 188 cm³/mol. The Bertz CT molecular complexity index is 1660. The minimum atomic E-state index is -4.40. The largest absolute Gasteiger partial charge is 0.508 e. The maximum absolute atomic E-state index is 12.5. The minimum absolute atomic E-state index is 0.0417. The first kappa shape index (κ1) is 43.7. The summed E-state index contributed by atoms with van der Waals surface area (Å²) in [7, 11) is 0. The van der Waals surface area contributed by atoms with E-state index in [1.54, 1.807) is 33.8 Å². The van der Waals surface area contributed by atoms with Gasteiger partial charge in [0.1, 0.15) is 23.0 Å². The summed E-state index contributed by atoms with van der Waals surface area (Å²) in [5.74, 6) is 0.793. The van der Waals surface area contributed by atoms with Gasteiger partial charge in [-0.15, -0.1) is 0 Å². The molecule has 0 saturated carbocycles. The molecule has 4 aromatic carbocycles. The Hall–Kier alpha value is -4.34. The van der Waals surface area contributed by atoms with Gasteiger partial charge >= 0.3 is 12.4 Å². The Kier molecular flexibility index (Phi) is 16.2. The third kappa shape index (κ3) is 13.2. The molecule has 4 aromatic rings. The van der Waals surface area contributed by atoms with Crippen LogP contribution in [-0.2, 0) is 12.4 Å². The lowest BCUT2D eigenvalue weighted by molar-refractivity contribution is -0.139. The van der Waals surface area contributed by atoms with E-state index in [1.165, 1.54) is 12.1 Å². The van der Waals surface area contributed by atoms with Crippen LogP contribution in [0.2, 0.25) is 0 Å². The molecule has 0 atom stereocenters. The van der Waals surface area contributed by atoms with Crippen molar-refractivity contribution < 1.29 is 46.8 Å². The van der Waals surface area contributed by atoms with Crippen molar-refractivity contribution >= 4 is 0 Å². The number of hydrogen-bond acceptors (Lipinski definition) is 4. The van der Waals surface area contributed by atoms with E-state index in [9.17, 15) is 46.8 Å². The van der Waals surface area contributed by atoms with E-state index in [4.69, 9.17) is 0 Å². The molecular weight excluding hydrogens is 658 g/mol. The number of alkyl halides is 6. The monoisotopic (exact) mass is 708 g/mol. The molecule has 0 aromatic heterocycles. The maximum atomic E-state index is 12.5. The summed E-state index contributed by atoms with van der Waals surface area (Å²) in [5, 5.41) is 37.7. The van der Waals surface area contributed by atoms with E-state index in [1.807, 2.05) is 44.2 Å². The summed E-state index contributed by atoms with van der Waals surface area (Å²) in [6.07, 6.45) is -8.75. The molecule has 0 aliphatic carbocycles. The topological polar surface area (TPSA) is 80.9 Å². The van der Waals surface area contributed by atoms with E-state index in [0.717, 1.165) is 46.5 Å². The summed E-state index contributed by atoms with van der Waals surface area (Å²) in [6.45, 7) is 18.9. The zero-order valence-electron chi connectivity index (χ0n) is 30.3. The number of phenols is 4. The van der Waals surface area contributed by atoms with E-state index in [-0.39, 0.29) is 28.9 Å². The Balaban J connectivity index is 0.000000335. The van der Waals surface area contributed by atoms with E-state index >= 15 is 0 Å². The average molecular weight is 709 g/mol. The number of hydrogen-bond donors (Lipinski definition) is 4. The van der Waals surface area contributed by atoms with Crippen molar-refractivity contribution in [1.29, 1.82) is 0 Å². The normalized spacial score (nSPS) is 11.4. The molecule has 0 heterocycles. The van der Waals surface area contributed by atoms with Crippen molar-refractivity contribution in [2.45, 2.75) is 105 Å². The molecule has 50 heavy (non-hydrogen) atoms. The molecule has 4 N–H and O–H groups in total. The van der Waals surface area contributed by atoms with Gasteiger partial charge in [0.05, 0.1) is 11.1 Å². The first-order chi connectivity index (χ1) is 22.9. The van der Waals surface area contributed by atoms with E-state index in [0.29, 0.717) is 28.9 Å². The van der Waals surface area contributed by atoms with Crippen LogP contribution in [0.15, 0.2) is 72.8 Å². The highest BCUT2D eigenvalue weighted by Crippen LogP contribution is 2.39. The lowest BCUT2D eigenvalue weighted by Crippen LogP contribution is -2.10. The molecule has 0 unspecified atom stereocenters. The van der Waals surface area contributed by atoms with Crippen LogP contribution in [-0.4, -0.2) is 20.4 Å². The summed E-state index contributed by atoms with van der Waals surface area (Å²) >= 11 is 0. The third-order valence-electron chi connectivity index (χ3n) is 7.64. The Morgan fingerprint density at radius 2 is 1.02 bits per heavy atom. The molecule has 4 nitrogen and oxygen atoms in total. The molecule has 0 bridgehead atoms. The summed E-state index contributed by atoms with van der Waals surface area (Å²) in [5.41, 5.74) is 2.91. The fourth-order valence-corrected chi connectivity index (χ4v) is 4.89. The fraction of sp³-hybridized carbons (Fsp3) is 0.400. The smallest absolute Gasteiger partial charge is 0.416 e. The van der Waals surface area contributed by atoms with Crippen molar-refractivity contribution in [1.82, 2.24) is 0 Å². The molecule has 4 rings (SSSR count). The van der Waals surface area contributed by atoms with Crippen LogP contribution in [0.1, 0.15) is 124 Å². The quantitative estimate of drug-likeness (QED) is 0.159. The van der Waals surface area contributed by atoms with Gasteiger partial charge in [0.2, 0.25) is 0 Å². The number of aryl methyl sites for hydroxylation is 2. The van der Waals surface area contributed by atoms with Gasteiger partial charge in [-0.25, -0.2) is 0 Å². The summed E-state index contributed by atoms with van der Waals surface area (Å²) in [6, 6.07) is 18.1. The molecule has 0 spiro atoms. The highest BCUT2D eigenvalue weighted by atomic mass is 19.4. The van der Waals surface area contributed by atoms with Crippen LogP contribution in [0.3, 0.4) is 0 Å². The maximum Gasteiger partial charge on any atom is 0.416 e. The van der Waals surface area contributed by atoms with Crippen LogP contribution in [0, 0.1) is 13.8 Å². The van der Waals surface area contributed by atoms with Crippen molar-refractivity contribution in [2.75, 3.05) is 0 Å². The number of phenolic OH excluding ortho intramolecular Hbond substituents is 4. The van der Waals surface area contributed by atoms with Crippen LogP contribution < -0.4 is 0 Å². The molecule has 0 radical (unpaired) electrons. The van der Waals surface area contributed by atoms with Crippen molar-refractivity contribution in [3.05, 3.63) is 117 Å². The van der Waals surface area contributed by atoms with Crippen LogP contribution in [0.4, 0.5) is 26.3 Å². The highest BCUT2D eigenvalue weighted by molar-refractivity contribution is 5.43. The molecule has 276 valence electrons. The Morgan fingerprint density at radius 1 is 0.480 bits per heavy atom. The number of halogens is 6. The van der Waals surface area contributed by atoms with Gasteiger partial charge in [0.25, 0.3) is 0 Å². The Morgan fingerprint density at radius 3 is 1.44 bits per heavy atom. The fourth-order valence-electron chi connectivity index (χ4n) is 4.89. The van der Waals surface area contributed by atoms with E-state index in [2.05, 4.69) is 27.7 Å². The molecule has 0 fully saturated rings. The van der Waals surface area contributed by atoms with E-state index < -0.39 is 23.5 Å². The summed E-state index contributed by atoms with van der Waals surface area (Å²) < 4.78 is 74.3. The first-order valence-electron chi connectivity index (χ1n) is 16.3. The van der Waals surface area contributed by atoms with Gasteiger partial charge in [-0.1, -0.05) is 91.8 Å². The van der Waals surface area contributed by atoms with Gasteiger partial charge in [-0.2, -0.15) is 26.3 Å². The molecule has 0 aliphatic heterocycles. The standard InChI is InChI=1S/2C10H11F3O.2C10H14O/c1-6(2)8-5-7(10(11,12)13)3-4-9(8)14;1-6(2)9-7(10(11,12)13)4-3-5-8(9)14;1-7(2)9-5-4-8(3)6-10(9)11;1-7(2)9-6-4-5-8(3)10(9)11/h2*3-6,14H,1-2H3;2*4-7,11H,1-3H3. The molecule has 10 heteroatoms. The zero-order chi connectivity index (χ0) is 38.7. The lowest BCUT2D eigenvalue weighted by Gasteiger charge is -2.16. The Labute approximate surface area is 292 Å². The predicted octanol–water partition coefficient (Wildman–Crippen LogP) is 12.7. The second kappa shape index (κ2) is 18.6. The van der Waals surface area contributed by atoms with Crippen LogP contribution in [0.25, 0.3) is 0 Å². The zero-order valence-corrected chi connectivity index (χ0v) is 30.3. The minimum Gasteiger partial charge on any atom is -0.508 e. The van der Waals surface area contributed by atoms with Crippen molar-refractivity contribution in [3.63, 3.8) is 0 Å². The third-order valence-corrected chi connectivity index (χ3v) is 7.64. The van der Waals surface area contributed by atoms with Crippen molar-refractivity contribution in [3.8, 4) is 23.0 Å². The van der Waals surface area contributed by atoms with Crippen molar-refractivity contribution in [2.24, 2.45) is 0 Å². The molecule has 0 saturated heterocycles. The van der Waals surface area contributed by atoms with Gasteiger partial charge in [0, 0.05) is 5.56 Å². The number of rotatable bonds is 4. The molecule has 0 aliphatic rings. The van der Waals surface area contributed by atoms with Gasteiger partial charge < -0.3 is 20.4 Å². The number of benzene rings is 4. The first-order valence-corrected chi connectivity index (χ1v) is 16.3. The van der Waals surface area contributed by atoms with Gasteiger partial charge in [0.15, 0.2) is 0 Å². The average Bonchev–Trinajstić information content (AvgIpc) is 2.98. The highest BCUT2D eigenvalue weighted by Gasteiger charge is 2.35. The lowest BCUT2D eigenvalue weighted by atomic mass is 9.96. The summed E-state index contributed by atoms with van der Waals surface area (Å²) in [4.78, 5) is 0. The van der Waals surface area contributed by atoms with Crippen LogP contribution in [0.5, 0.6) is 23.0 Å². The van der Waals surface area contributed by atoms with Gasteiger partial charge in [-0.05, 0) is 102 Å². The molecule has 0 amide bonds. The molecular formula is C40H50F6O4. The van der Waals surface area contributed by atoms with Crippen LogP contribution >= 0.6 is 0 Å². The number of para-hydroxylation sites is 1.